The third-order valence-corrected chi connectivity index (χ3v) is 11.1. The topological polar surface area (TPSA) is 147 Å². The Labute approximate surface area is 288 Å². The molecule has 6 fully saturated rings. The van der Waals surface area contributed by atoms with Gasteiger partial charge in [0.1, 0.15) is 0 Å². The molecule has 0 saturated carbocycles. The molecular weight excluding hydrogens is 641 g/mol. The van der Waals surface area contributed by atoms with Crippen LogP contribution < -0.4 is 0 Å². The minimum atomic E-state index is -4.67. The predicted molar refractivity (Wildman–Crippen MR) is 191 cm³/mol. The van der Waals surface area contributed by atoms with E-state index in [0.29, 0.717) is 23.7 Å². The highest BCUT2D eigenvalue weighted by molar-refractivity contribution is 7.79. The van der Waals surface area contributed by atoms with E-state index in [1.54, 1.807) is 12.4 Å². The standard InChI is InChI=1S/2C19H22N2O.H2O4S/c2*1-2-14-13-8-11-21(12-9-13)18(14)19(22)16-7-10-20-17-6-4-3-5-15(16)17;1-5(2,3)4/h2*2-7,10,13-14,18-19,22H,1,8-9,11-12H2;(H2,1,2,3,4). The summed E-state index contributed by atoms with van der Waals surface area (Å²) in [7, 11) is -4.67. The van der Waals surface area contributed by atoms with Gasteiger partial charge in [-0.1, -0.05) is 48.6 Å². The average molecular weight is 687 g/mol. The molecule has 0 radical (unpaired) electrons. The van der Waals surface area contributed by atoms with Crippen LogP contribution in [0.1, 0.15) is 49.0 Å². The zero-order valence-electron chi connectivity index (χ0n) is 27.6. The third kappa shape index (κ3) is 7.63. The highest BCUT2D eigenvalue weighted by atomic mass is 32.3. The first kappa shape index (κ1) is 35.3. The fourth-order valence-electron chi connectivity index (χ4n) is 8.85. The Morgan fingerprint density at radius 3 is 1.35 bits per heavy atom. The van der Waals surface area contributed by atoms with Crippen LogP contribution in [0.25, 0.3) is 21.8 Å². The highest BCUT2D eigenvalue weighted by Gasteiger charge is 2.45. The van der Waals surface area contributed by atoms with Crippen molar-refractivity contribution in [3.63, 3.8) is 0 Å². The number of para-hydroxylation sites is 2. The van der Waals surface area contributed by atoms with E-state index in [2.05, 4.69) is 57.2 Å². The molecule has 11 heteroatoms. The van der Waals surface area contributed by atoms with E-state index in [4.69, 9.17) is 17.5 Å². The molecule has 6 unspecified atom stereocenters. The molecule has 6 atom stereocenters. The molecule has 49 heavy (non-hydrogen) atoms. The van der Waals surface area contributed by atoms with Crippen LogP contribution in [0.15, 0.2) is 98.4 Å². The summed E-state index contributed by atoms with van der Waals surface area (Å²) in [5.74, 6) is 2.11. The average Bonchev–Trinajstić information content (AvgIpc) is 3.13. The van der Waals surface area contributed by atoms with Crippen LogP contribution in [-0.2, 0) is 10.4 Å². The normalized spacial score (nSPS) is 30.0. The highest BCUT2D eigenvalue weighted by Crippen LogP contribution is 2.45. The molecule has 0 amide bonds. The van der Waals surface area contributed by atoms with Crippen LogP contribution >= 0.6 is 0 Å². The van der Waals surface area contributed by atoms with Gasteiger partial charge in [0.2, 0.25) is 0 Å². The van der Waals surface area contributed by atoms with Crippen molar-refractivity contribution in [2.75, 3.05) is 26.2 Å². The molecule has 260 valence electrons. The molecule has 10 rings (SSSR count). The summed E-state index contributed by atoms with van der Waals surface area (Å²) in [6, 6.07) is 20.4. The summed E-state index contributed by atoms with van der Waals surface area (Å²) in [6.07, 6.45) is 11.7. The van der Waals surface area contributed by atoms with Crippen LogP contribution in [0.2, 0.25) is 0 Å². The van der Waals surface area contributed by atoms with Gasteiger partial charge in [-0.3, -0.25) is 28.9 Å². The molecule has 6 aliphatic rings. The first-order valence-electron chi connectivity index (χ1n) is 17.1. The number of hydrogen-bond acceptors (Lipinski definition) is 8. The first-order valence-corrected chi connectivity index (χ1v) is 18.4. The number of rotatable bonds is 6. The molecule has 0 aliphatic carbocycles. The zero-order valence-corrected chi connectivity index (χ0v) is 28.4. The number of aromatic nitrogens is 2. The monoisotopic (exact) mass is 686 g/mol. The first-order chi connectivity index (χ1) is 23.6. The summed E-state index contributed by atoms with van der Waals surface area (Å²) in [5, 5.41) is 24.4. The minimum absolute atomic E-state index is 0.149. The predicted octanol–water partition coefficient (Wildman–Crippen LogP) is 5.68. The second-order valence-corrected chi connectivity index (χ2v) is 14.4. The molecule has 2 aromatic heterocycles. The maximum absolute atomic E-state index is 11.1. The van der Waals surface area contributed by atoms with Gasteiger partial charge >= 0.3 is 10.4 Å². The van der Waals surface area contributed by atoms with Crippen molar-refractivity contribution in [2.45, 2.75) is 50.0 Å². The molecule has 6 saturated heterocycles. The number of pyridine rings is 2. The molecule has 2 aromatic carbocycles. The number of aliphatic hydroxyl groups is 2. The van der Waals surface area contributed by atoms with Crippen LogP contribution in [0.4, 0.5) is 0 Å². The van der Waals surface area contributed by atoms with Gasteiger partial charge in [0.25, 0.3) is 0 Å². The summed E-state index contributed by atoms with van der Waals surface area (Å²) >= 11 is 0. The Bertz CT molecular complexity index is 1730. The van der Waals surface area contributed by atoms with Crippen molar-refractivity contribution in [3.05, 3.63) is 109 Å². The smallest absolute Gasteiger partial charge is 0.387 e. The summed E-state index contributed by atoms with van der Waals surface area (Å²) in [5.41, 5.74) is 3.89. The van der Waals surface area contributed by atoms with Crippen molar-refractivity contribution >= 4 is 32.2 Å². The van der Waals surface area contributed by atoms with E-state index in [-0.39, 0.29) is 12.1 Å². The van der Waals surface area contributed by atoms with Gasteiger partial charge < -0.3 is 10.2 Å². The van der Waals surface area contributed by atoms with Gasteiger partial charge in [-0.05, 0) is 111 Å². The Kier molecular flexibility index (Phi) is 10.9. The lowest BCUT2D eigenvalue weighted by Gasteiger charge is -2.51. The second kappa shape index (κ2) is 15.1. The Balaban J connectivity index is 0.000000150. The molecule has 4 aromatic rings. The van der Waals surface area contributed by atoms with E-state index < -0.39 is 22.6 Å². The summed E-state index contributed by atoms with van der Waals surface area (Å²) in [6.45, 7) is 12.5. The fourth-order valence-corrected chi connectivity index (χ4v) is 8.85. The molecular formula is C38H46N4O6S. The fraction of sp³-hybridized carbons (Fsp3) is 0.421. The van der Waals surface area contributed by atoms with Crippen LogP contribution in [-0.4, -0.2) is 85.8 Å². The van der Waals surface area contributed by atoms with Crippen molar-refractivity contribution in [1.82, 2.24) is 19.8 Å². The number of aliphatic hydroxyl groups excluding tert-OH is 2. The Morgan fingerprint density at radius 2 is 1.00 bits per heavy atom. The third-order valence-electron chi connectivity index (χ3n) is 11.1. The van der Waals surface area contributed by atoms with Crippen LogP contribution in [0.5, 0.6) is 0 Å². The number of benzene rings is 2. The lowest BCUT2D eigenvalue weighted by molar-refractivity contribution is -0.0555. The van der Waals surface area contributed by atoms with Gasteiger partial charge in [-0.2, -0.15) is 8.42 Å². The lowest BCUT2D eigenvalue weighted by Crippen LogP contribution is -2.56. The van der Waals surface area contributed by atoms with Crippen molar-refractivity contribution < 1.29 is 27.7 Å². The van der Waals surface area contributed by atoms with Gasteiger partial charge in [-0.25, -0.2) is 0 Å². The van der Waals surface area contributed by atoms with Gasteiger partial charge in [0.05, 0.1) is 23.2 Å². The maximum Gasteiger partial charge on any atom is 0.394 e. The largest absolute Gasteiger partial charge is 0.394 e. The van der Waals surface area contributed by atoms with Crippen LogP contribution in [0, 0.1) is 23.7 Å². The number of piperidine rings is 6. The Morgan fingerprint density at radius 1 is 0.653 bits per heavy atom. The van der Waals surface area contributed by atoms with Gasteiger partial charge in [0, 0.05) is 35.2 Å². The lowest BCUT2D eigenvalue weighted by atomic mass is 9.71. The second-order valence-electron chi connectivity index (χ2n) is 13.5. The van der Waals surface area contributed by atoms with E-state index >= 15 is 0 Å². The summed E-state index contributed by atoms with van der Waals surface area (Å²) < 4.78 is 31.6. The van der Waals surface area contributed by atoms with Crippen molar-refractivity contribution in [3.8, 4) is 0 Å². The van der Waals surface area contributed by atoms with Gasteiger partial charge in [-0.15, -0.1) is 13.2 Å². The van der Waals surface area contributed by atoms with E-state index in [9.17, 15) is 10.2 Å². The van der Waals surface area contributed by atoms with E-state index in [0.717, 1.165) is 59.1 Å². The zero-order chi connectivity index (χ0) is 34.7. The molecule has 4 N–H and O–H groups in total. The quantitative estimate of drug-likeness (QED) is 0.148. The molecule has 0 spiro atoms. The molecule has 8 heterocycles. The number of nitrogens with zero attached hydrogens (tertiary/aromatic N) is 4. The maximum atomic E-state index is 11.1. The number of hydrogen-bond donors (Lipinski definition) is 4. The SMILES string of the molecule is C=CC1C2CCN(CC2)C1C(O)c1ccnc2ccccc12.C=CC1C2CCN(CC2)C1C(O)c1ccnc2ccccc12.O=S(=O)(O)O. The molecule has 10 nitrogen and oxygen atoms in total. The van der Waals surface area contributed by atoms with Crippen LogP contribution in [0.3, 0.4) is 0 Å². The van der Waals surface area contributed by atoms with Crippen molar-refractivity contribution in [1.29, 1.82) is 0 Å². The summed E-state index contributed by atoms with van der Waals surface area (Å²) in [4.78, 5) is 13.7. The van der Waals surface area contributed by atoms with E-state index in [1.807, 2.05) is 48.5 Å². The minimum Gasteiger partial charge on any atom is -0.387 e. The molecule has 4 bridgehead atoms. The number of fused-ring (bicyclic) bond motifs is 8. The van der Waals surface area contributed by atoms with Crippen molar-refractivity contribution in [2.24, 2.45) is 23.7 Å². The Hall–Kier alpha value is -3.55. The van der Waals surface area contributed by atoms with Gasteiger partial charge in [0.15, 0.2) is 0 Å². The van der Waals surface area contributed by atoms with E-state index in [1.165, 1.54) is 25.7 Å². The molecule has 6 aliphatic heterocycles.